The van der Waals surface area contributed by atoms with Crippen molar-refractivity contribution in [3.8, 4) is 22.5 Å². The van der Waals surface area contributed by atoms with Crippen molar-refractivity contribution in [2.24, 2.45) is 29.1 Å². The summed E-state index contributed by atoms with van der Waals surface area (Å²) in [5, 5.41) is 44.7. The zero-order chi connectivity index (χ0) is 55.6. The second kappa shape index (κ2) is 22.2. The second-order valence-corrected chi connectivity index (χ2v) is 26.4. The van der Waals surface area contributed by atoms with Crippen molar-refractivity contribution >= 4 is 52.4 Å². The van der Waals surface area contributed by atoms with Gasteiger partial charge in [-0.15, -0.1) is 0 Å². The van der Waals surface area contributed by atoms with Crippen molar-refractivity contribution in [2.75, 3.05) is 0 Å². The molecule has 0 saturated heterocycles. The Hall–Kier alpha value is -4.74. The molecule has 8 atom stereocenters. The number of aliphatic carboxylic acids is 1. The van der Waals surface area contributed by atoms with E-state index in [-0.39, 0.29) is 35.9 Å². The minimum atomic E-state index is -0.935. The van der Waals surface area contributed by atoms with Gasteiger partial charge in [0.05, 0.1) is 68.6 Å². The van der Waals surface area contributed by atoms with Gasteiger partial charge in [0.25, 0.3) is 0 Å². The lowest BCUT2D eigenvalue weighted by Gasteiger charge is -2.43. The van der Waals surface area contributed by atoms with E-state index in [1.54, 1.807) is 26.0 Å². The quantitative estimate of drug-likeness (QED) is 0.0753. The first kappa shape index (κ1) is 56.1. The highest BCUT2D eigenvalue weighted by atomic mass is 35.5. The van der Waals surface area contributed by atoms with E-state index in [0.717, 1.165) is 122 Å². The first-order chi connectivity index (χ1) is 37.8. The van der Waals surface area contributed by atoms with Crippen LogP contribution in [-0.2, 0) is 51.5 Å². The molecule has 6 fully saturated rings. The van der Waals surface area contributed by atoms with E-state index in [2.05, 4.69) is 33.4 Å². The molecular formula is C64H69Cl4N3O8. The molecule has 4 unspecified atom stereocenters. The van der Waals surface area contributed by atoms with Crippen LogP contribution < -0.4 is 0 Å². The van der Waals surface area contributed by atoms with Crippen LogP contribution in [0.1, 0.15) is 161 Å². The number of nitrogens with zero attached hydrogens (tertiary/aromatic N) is 3. The number of rotatable bonds is 17. The van der Waals surface area contributed by atoms with Gasteiger partial charge >= 0.3 is 5.97 Å². The average molecular weight is 1150 g/mol. The van der Waals surface area contributed by atoms with Gasteiger partial charge in [0.2, 0.25) is 5.54 Å². The van der Waals surface area contributed by atoms with E-state index in [9.17, 15) is 20.1 Å². The van der Waals surface area contributed by atoms with E-state index in [1.807, 2.05) is 68.4 Å². The predicted molar refractivity (Wildman–Crippen MR) is 306 cm³/mol. The third-order valence-electron chi connectivity index (χ3n) is 18.2. The molecule has 0 aliphatic heterocycles. The third-order valence-corrected chi connectivity index (χ3v) is 19.5. The molecule has 6 aliphatic rings. The van der Waals surface area contributed by atoms with Crippen molar-refractivity contribution < 1.29 is 38.6 Å². The number of halogens is 4. The number of hydrogen-bond donors (Lipinski definition) is 3. The molecule has 11 nitrogen and oxygen atoms in total. The zero-order valence-corrected chi connectivity index (χ0v) is 48.3. The van der Waals surface area contributed by atoms with Gasteiger partial charge in [0.15, 0.2) is 0 Å². The van der Waals surface area contributed by atoms with Crippen LogP contribution in [0.5, 0.6) is 0 Å². The summed E-state index contributed by atoms with van der Waals surface area (Å²) < 4.78 is 24.7. The highest BCUT2D eigenvalue weighted by Crippen LogP contribution is 2.58. The Kier molecular flexibility index (Phi) is 15.8. The van der Waals surface area contributed by atoms with Crippen LogP contribution in [0.4, 0.5) is 0 Å². The Morgan fingerprint density at radius 3 is 1.33 bits per heavy atom. The predicted octanol–water partition coefficient (Wildman–Crippen LogP) is 16.1. The molecule has 12 rings (SSSR count). The fraction of sp³-hybridized carbons (Fsp3) is 0.500. The number of fused-ring (bicyclic) bond motifs is 4. The molecule has 2 heterocycles. The van der Waals surface area contributed by atoms with E-state index < -0.39 is 28.1 Å². The zero-order valence-electron chi connectivity index (χ0n) is 45.3. The smallest absolute Gasteiger partial charge is 0.309 e. The molecular weight excluding hydrogens is 1080 g/mol. The number of carbonyl (C=O) groups is 1. The lowest BCUT2D eigenvalue weighted by Crippen LogP contribution is -2.44. The maximum absolute atomic E-state index is 12.1. The maximum Gasteiger partial charge on any atom is 0.309 e. The molecule has 0 amide bonds. The lowest BCUT2D eigenvalue weighted by molar-refractivity contribution is -0.146. The van der Waals surface area contributed by atoms with Gasteiger partial charge < -0.3 is 38.7 Å². The van der Waals surface area contributed by atoms with Crippen molar-refractivity contribution in [3.05, 3.63) is 161 Å². The molecule has 3 N–H and O–H groups in total. The van der Waals surface area contributed by atoms with E-state index in [4.69, 9.17) is 71.5 Å². The maximum atomic E-state index is 12.1. The Morgan fingerprint density at radius 1 is 0.608 bits per heavy atom. The Bertz CT molecular complexity index is 3210. The summed E-state index contributed by atoms with van der Waals surface area (Å²) in [5.41, 5.74) is 5.32. The molecule has 4 bridgehead atoms. The monoisotopic (exact) mass is 1150 g/mol. The van der Waals surface area contributed by atoms with Gasteiger partial charge in [-0.2, -0.15) is 0 Å². The highest BCUT2D eigenvalue weighted by molar-refractivity contribution is 6.39. The van der Waals surface area contributed by atoms with Crippen LogP contribution in [-0.4, -0.2) is 49.3 Å². The third kappa shape index (κ3) is 11.2. The molecule has 6 aliphatic carbocycles. The summed E-state index contributed by atoms with van der Waals surface area (Å²) >= 11 is 26.1. The average Bonchev–Trinajstić information content (AvgIpc) is 4.49. The summed E-state index contributed by atoms with van der Waals surface area (Å²) in [4.78, 5) is 15.5. The molecule has 416 valence electrons. The Labute approximate surface area is 483 Å². The summed E-state index contributed by atoms with van der Waals surface area (Å²) in [6, 6.07) is 27.0. The number of aliphatic hydroxyl groups is 2. The number of ether oxygens (including phenoxy) is 2. The van der Waals surface area contributed by atoms with E-state index in [1.165, 1.54) is 0 Å². The van der Waals surface area contributed by atoms with Crippen molar-refractivity contribution in [2.45, 2.75) is 172 Å². The van der Waals surface area contributed by atoms with Crippen LogP contribution in [0.25, 0.3) is 27.4 Å². The summed E-state index contributed by atoms with van der Waals surface area (Å²) in [5.74, 6) is 2.06. The van der Waals surface area contributed by atoms with Gasteiger partial charge in [0.1, 0.15) is 22.9 Å². The summed E-state index contributed by atoms with van der Waals surface area (Å²) in [7, 11) is 0. The Morgan fingerprint density at radius 2 is 0.975 bits per heavy atom. The first-order valence-corrected chi connectivity index (χ1v) is 29.6. The van der Waals surface area contributed by atoms with Crippen molar-refractivity contribution in [1.29, 1.82) is 0 Å². The number of carboxylic acid groups (broad SMARTS) is 1. The molecule has 0 spiro atoms. The topological polar surface area (TPSA) is 153 Å². The SMILES string of the molecule is CC(C)(Cc1cccc(C2(O)[C@@H]3CC[C@H]2CC(OCc2c(-c4c(Cl)cccc4Cl)noc2C2CC2)C3)c1)C(=O)O.[C-]#[N+]C(C)(C)Cc1cccc(C2(O)[C@@H]3CC[C@H]2CC(OCc2c(-c4c(Cl)cccc4Cl)noc2C2CC2)C3)c1. The minimum Gasteiger partial charge on any atom is -0.481 e. The number of aromatic nitrogens is 2. The molecule has 4 aromatic carbocycles. The van der Waals surface area contributed by atoms with E-state index in [0.29, 0.717) is 80.5 Å². The number of benzene rings is 4. The number of carboxylic acids is 1. The van der Waals surface area contributed by atoms with Crippen LogP contribution >= 0.6 is 46.4 Å². The van der Waals surface area contributed by atoms with Crippen LogP contribution in [0.3, 0.4) is 0 Å². The molecule has 0 radical (unpaired) electrons. The molecule has 6 saturated carbocycles. The van der Waals surface area contributed by atoms with Gasteiger partial charge in [0, 0.05) is 47.9 Å². The van der Waals surface area contributed by atoms with Crippen LogP contribution in [0.15, 0.2) is 94.0 Å². The first-order valence-electron chi connectivity index (χ1n) is 28.1. The van der Waals surface area contributed by atoms with E-state index >= 15 is 0 Å². The molecule has 15 heteroatoms. The van der Waals surface area contributed by atoms with Gasteiger partial charge in [-0.05, 0) is 168 Å². The molecule has 79 heavy (non-hydrogen) atoms. The van der Waals surface area contributed by atoms with Crippen molar-refractivity contribution in [1.82, 2.24) is 10.3 Å². The Balaban J connectivity index is 0.000000167. The standard InChI is InChI=1S/C32H34Cl2N2O3.C32H35Cl2NO5/c1-31(2,35-3)17-19-6-4-7-21(14-19)32(37)22-12-13-23(32)16-24(15-22)38-18-25-29(36-39-30(25)20-10-11-20)28-26(33)8-5-9-27(28)34;1-31(2,30(36)37)16-18-5-3-6-20(13-18)32(38)21-11-12-22(32)15-23(14-21)39-17-24-28(35-40-29(24)19-9-10-19)27-25(33)7-4-8-26(27)34/h4-9,14,20,22-24,37H,10-13,15-18H2,1-2H3;3-8,13,19,21-23,38H,9-12,14-17H2,1-2H3,(H,36,37)/t22-,23+,24?,32?;21-,22+,23?,32?. The molecule has 6 aromatic rings. The van der Waals surface area contributed by atoms with Gasteiger partial charge in [-0.1, -0.05) is 117 Å². The highest BCUT2D eigenvalue weighted by Gasteiger charge is 2.56. The fourth-order valence-electron chi connectivity index (χ4n) is 13.7. The number of hydrogen-bond acceptors (Lipinski definition) is 9. The van der Waals surface area contributed by atoms with Crippen LogP contribution in [0.2, 0.25) is 20.1 Å². The van der Waals surface area contributed by atoms with Gasteiger partial charge in [-0.25, -0.2) is 6.57 Å². The second-order valence-electron chi connectivity index (χ2n) is 24.8. The summed E-state index contributed by atoms with van der Waals surface area (Å²) in [6.45, 7) is 15.6. The van der Waals surface area contributed by atoms with Gasteiger partial charge in [-0.3, -0.25) is 4.79 Å². The fourth-order valence-corrected chi connectivity index (χ4v) is 14.9. The summed E-state index contributed by atoms with van der Waals surface area (Å²) in [6.07, 6.45) is 12.4. The van der Waals surface area contributed by atoms with Crippen LogP contribution in [0, 0.1) is 35.7 Å². The molecule has 2 aromatic heterocycles. The lowest BCUT2D eigenvalue weighted by atomic mass is 9.69. The minimum absolute atomic E-state index is 0.00317. The largest absolute Gasteiger partial charge is 0.481 e. The normalized spacial score (nSPS) is 26.4. The van der Waals surface area contributed by atoms with Crippen molar-refractivity contribution in [3.63, 3.8) is 0 Å².